The molecule has 0 bridgehead atoms. The highest BCUT2D eigenvalue weighted by molar-refractivity contribution is 7.69. The first-order valence-electron chi connectivity index (χ1n) is 10.7. The Morgan fingerprint density at radius 2 is 1.81 bits per heavy atom. The van der Waals surface area contributed by atoms with Crippen LogP contribution < -0.4 is 10.8 Å². The molecule has 1 atom stereocenters. The Hall–Kier alpha value is -3.47. The number of nitriles is 1. The summed E-state index contributed by atoms with van der Waals surface area (Å²) in [6.45, 7) is 6.08. The summed E-state index contributed by atoms with van der Waals surface area (Å²) in [6, 6.07) is 7.48. The molecule has 4 rings (SSSR count). The van der Waals surface area contributed by atoms with Crippen molar-refractivity contribution in [3.63, 3.8) is 0 Å². The Morgan fingerprint density at radius 3 is 2.44 bits per heavy atom. The minimum Gasteiger partial charge on any atom is -0.375 e. The zero-order valence-corrected chi connectivity index (χ0v) is 21.3. The van der Waals surface area contributed by atoms with Crippen LogP contribution in [0.1, 0.15) is 29.8 Å². The second-order valence-corrected chi connectivity index (χ2v) is 12.2. The molecule has 0 spiro atoms. The quantitative estimate of drug-likeness (QED) is 0.302. The van der Waals surface area contributed by atoms with Gasteiger partial charge in [0, 0.05) is 23.4 Å². The molecule has 0 saturated carbocycles. The van der Waals surface area contributed by atoms with Crippen molar-refractivity contribution in [3.8, 4) is 17.3 Å². The molecule has 11 heteroatoms. The summed E-state index contributed by atoms with van der Waals surface area (Å²) in [5.74, 6) is -2.12. The van der Waals surface area contributed by atoms with Crippen LogP contribution in [0.2, 0.25) is 5.02 Å². The van der Waals surface area contributed by atoms with E-state index in [1.54, 1.807) is 13.8 Å². The van der Waals surface area contributed by atoms with Gasteiger partial charge < -0.3 is 9.88 Å². The fourth-order valence-corrected chi connectivity index (χ4v) is 4.89. The van der Waals surface area contributed by atoms with Gasteiger partial charge in [-0.2, -0.15) is 5.26 Å². The van der Waals surface area contributed by atoms with Crippen LogP contribution in [0.15, 0.2) is 36.5 Å². The largest absolute Gasteiger partial charge is 0.375 e. The smallest absolute Gasteiger partial charge is 0.153 e. The van der Waals surface area contributed by atoms with Crippen molar-refractivity contribution in [2.24, 2.45) is 0 Å². The Labute approximate surface area is 210 Å². The van der Waals surface area contributed by atoms with Crippen molar-refractivity contribution in [1.82, 2.24) is 15.0 Å². The number of aromatic nitrogens is 3. The first kappa shape index (κ1) is 25.6. The van der Waals surface area contributed by atoms with Crippen molar-refractivity contribution in [2.45, 2.75) is 19.9 Å². The predicted molar refractivity (Wildman–Crippen MR) is 135 cm³/mol. The van der Waals surface area contributed by atoms with E-state index in [1.807, 2.05) is 6.07 Å². The number of fused-ring (bicyclic) bond motifs is 1. The molecular formula is C25H20ClF3N5OP. The second kappa shape index (κ2) is 9.53. The highest BCUT2D eigenvalue weighted by Crippen LogP contribution is 2.38. The Bertz CT molecular complexity index is 1620. The van der Waals surface area contributed by atoms with Gasteiger partial charge in [0.05, 0.1) is 39.6 Å². The van der Waals surface area contributed by atoms with E-state index in [0.29, 0.717) is 5.69 Å². The van der Waals surface area contributed by atoms with Crippen LogP contribution in [0.3, 0.4) is 0 Å². The molecule has 1 unspecified atom stereocenters. The van der Waals surface area contributed by atoms with Gasteiger partial charge in [0.25, 0.3) is 0 Å². The molecule has 0 aliphatic carbocycles. The van der Waals surface area contributed by atoms with Gasteiger partial charge in [0.15, 0.2) is 11.6 Å². The summed E-state index contributed by atoms with van der Waals surface area (Å²) >= 11 is 6.53. The normalized spacial score (nSPS) is 12.4. The first-order valence-corrected chi connectivity index (χ1v) is 13.7. The molecule has 1 aromatic carbocycles. The van der Waals surface area contributed by atoms with Gasteiger partial charge in [-0.15, -0.1) is 0 Å². The summed E-state index contributed by atoms with van der Waals surface area (Å²) in [4.78, 5) is 12.6. The molecular weight excluding hydrogens is 510 g/mol. The fourth-order valence-electron chi connectivity index (χ4n) is 3.79. The molecule has 3 heterocycles. The summed E-state index contributed by atoms with van der Waals surface area (Å²) in [7, 11) is -2.98. The van der Waals surface area contributed by atoms with E-state index >= 15 is 4.39 Å². The van der Waals surface area contributed by atoms with Crippen LogP contribution in [-0.4, -0.2) is 28.3 Å². The van der Waals surface area contributed by atoms with Gasteiger partial charge in [-0.3, -0.25) is 0 Å². The Morgan fingerprint density at radius 1 is 1.08 bits per heavy atom. The van der Waals surface area contributed by atoms with Crippen molar-refractivity contribution >= 4 is 40.9 Å². The summed E-state index contributed by atoms with van der Waals surface area (Å²) in [5, 5.41) is 12.5. The fraction of sp³-hybridized carbons (Fsp3) is 0.200. The average molecular weight is 530 g/mol. The summed E-state index contributed by atoms with van der Waals surface area (Å²) in [6.07, 6.45) is 1.21. The lowest BCUT2D eigenvalue weighted by molar-refractivity contribution is 0.583. The first-order chi connectivity index (χ1) is 16.9. The third kappa shape index (κ3) is 4.79. The van der Waals surface area contributed by atoms with E-state index in [9.17, 15) is 18.6 Å². The van der Waals surface area contributed by atoms with Crippen molar-refractivity contribution in [2.75, 3.05) is 18.6 Å². The average Bonchev–Trinajstić information content (AvgIpc) is 2.81. The Balaban J connectivity index is 1.87. The van der Waals surface area contributed by atoms with Crippen LogP contribution in [0.5, 0.6) is 0 Å². The van der Waals surface area contributed by atoms with Crippen molar-refractivity contribution in [1.29, 1.82) is 5.26 Å². The molecule has 0 fully saturated rings. The molecule has 4 aromatic rings. The number of aryl methyl sites for hydroxylation is 1. The number of nitrogens with zero attached hydrogens (tertiary/aromatic N) is 4. The third-order valence-electron chi connectivity index (χ3n) is 5.58. The number of benzene rings is 1. The maximum atomic E-state index is 15.1. The molecule has 6 nitrogen and oxygen atoms in total. The molecule has 1 N–H and O–H groups in total. The minimum atomic E-state index is -2.98. The lowest BCUT2D eigenvalue weighted by Crippen LogP contribution is -2.13. The molecule has 0 amide bonds. The van der Waals surface area contributed by atoms with E-state index in [2.05, 4.69) is 20.3 Å². The second-order valence-electron chi connectivity index (χ2n) is 8.67. The van der Waals surface area contributed by atoms with Gasteiger partial charge in [-0.05, 0) is 51.4 Å². The summed E-state index contributed by atoms with van der Waals surface area (Å²) < 4.78 is 56.5. The monoisotopic (exact) mass is 529 g/mol. The topological polar surface area (TPSA) is 91.6 Å². The lowest BCUT2D eigenvalue weighted by atomic mass is 10.0. The highest BCUT2D eigenvalue weighted by atomic mass is 35.5. The van der Waals surface area contributed by atoms with Crippen LogP contribution in [0, 0.1) is 35.7 Å². The van der Waals surface area contributed by atoms with Gasteiger partial charge in [-0.1, -0.05) is 11.6 Å². The van der Waals surface area contributed by atoms with E-state index in [0.717, 1.165) is 12.1 Å². The highest BCUT2D eigenvalue weighted by Gasteiger charge is 2.23. The maximum absolute atomic E-state index is 15.1. The number of hydrogen-bond acceptors (Lipinski definition) is 6. The van der Waals surface area contributed by atoms with Gasteiger partial charge in [-0.25, -0.2) is 28.1 Å². The predicted octanol–water partition coefficient (Wildman–Crippen LogP) is 6.36. The van der Waals surface area contributed by atoms with E-state index in [1.165, 1.54) is 37.7 Å². The molecule has 0 aliphatic heterocycles. The molecule has 36 heavy (non-hydrogen) atoms. The number of pyridine rings is 3. The number of nitrogens with one attached hydrogen (secondary N) is 1. The summed E-state index contributed by atoms with van der Waals surface area (Å²) in [5.41, 5.74) is 1.15. The molecule has 3 aromatic heterocycles. The molecule has 0 saturated heterocycles. The minimum absolute atomic E-state index is 0.0348. The zero-order valence-electron chi connectivity index (χ0n) is 19.7. The van der Waals surface area contributed by atoms with Crippen LogP contribution in [-0.2, 0) is 4.57 Å². The van der Waals surface area contributed by atoms with Crippen LogP contribution in [0.4, 0.5) is 18.9 Å². The van der Waals surface area contributed by atoms with Gasteiger partial charge >= 0.3 is 0 Å². The van der Waals surface area contributed by atoms with Crippen LogP contribution >= 0.6 is 18.7 Å². The Kier molecular flexibility index (Phi) is 6.78. The standard InChI is InChI=1S/C25H20ClF3N5OP/c1-12(16-7-14(10-30)5-6-17(16)27)33-24-21(26)13(2)32-20-9-18(28)22(34-23(20)24)15-8-19(29)25(31-11-15)36(3,4)35/h5-9,11-12H,1-4H3,(H,32,33). The van der Waals surface area contributed by atoms with Gasteiger partial charge in [0.2, 0.25) is 0 Å². The molecule has 0 aliphatic rings. The zero-order chi connectivity index (χ0) is 26.4. The van der Waals surface area contributed by atoms with E-state index < -0.39 is 30.6 Å². The maximum Gasteiger partial charge on any atom is 0.153 e. The number of anilines is 1. The number of halogens is 4. The SMILES string of the molecule is Cc1nc2cc(F)c(-c3cnc(P(C)(C)=O)c(F)c3)nc2c(NC(C)c2cc(C#N)ccc2F)c1Cl. The van der Waals surface area contributed by atoms with Gasteiger partial charge in [0.1, 0.15) is 29.6 Å². The number of hydrogen-bond donors (Lipinski definition) is 1. The van der Waals surface area contributed by atoms with E-state index in [4.69, 9.17) is 11.6 Å². The molecule has 0 radical (unpaired) electrons. The van der Waals surface area contributed by atoms with E-state index in [-0.39, 0.29) is 49.6 Å². The number of rotatable bonds is 5. The molecule has 184 valence electrons. The van der Waals surface area contributed by atoms with Crippen molar-refractivity contribution < 1.29 is 17.7 Å². The third-order valence-corrected chi connectivity index (χ3v) is 7.39. The van der Waals surface area contributed by atoms with Crippen molar-refractivity contribution in [3.05, 3.63) is 75.8 Å². The van der Waals surface area contributed by atoms with Crippen LogP contribution in [0.25, 0.3) is 22.3 Å². The lowest BCUT2D eigenvalue weighted by Gasteiger charge is -2.20.